The van der Waals surface area contributed by atoms with Crippen LogP contribution in [0.5, 0.6) is 0 Å². The average molecular weight is 436 g/mol. The van der Waals surface area contributed by atoms with E-state index >= 15 is 0 Å². The smallest absolute Gasteiger partial charge is 0.0346 e. The predicted molar refractivity (Wildman–Crippen MR) is 145 cm³/mol. The van der Waals surface area contributed by atoms with Crippen molar-refractivity contribution in [3.8, 4) is 33.4 Å². The van der Waals surface area contributed by atoms with Gasteiger partial charge in [0.15, 0.2) is 0 Å². The second kappa shape index (κ2) is 10.7. The van der Waals surface area contributed by atoms with Crippen molar-refractivity contribution in [2.75, 3.05) is 35.6 Å². The molecule has 0 aliphatic carbocycles. The Balaban J connectivity index is 1.85. The lowest BCUT2D eigenvalue weighted by molar-refractivity contribution is 1.21. The molecule has 0 fully saturated rings. The summed E-state index contributed by atoms with van der Waals surface area (Å²) in [5.41, 5.74) is 10.7. The number of nitrogens with one attached hydrogen (secondary N) is 3. The molecular formula is C30H33N3. The Morgan fingerprint density at radius 1 is 0.394 bits per heavy atom. The van der Waals surface area contributed by atoms with Crippen LogP contribution in [0.3, 0.4) is 0 Å². The first kappa shape index (κ1) is 22.5. The van der Waals surface area contributed by atoms with Gasteiger partial charge in [-0.2, -0.15) is 0 Å². The third-order valence-electron chi connectivity index (χ3n) is 5.66. The van der Waals surface area contributed by atoms with Crippen molar-refractivity contribution in [1.82, 2.24) is 0 Å². The summed E-state index contributed by atoms with van der Waals surface area (Å²) in [5.74, 6) is 0. The summed E-state index contributed by atoms with van der Waals surface area (Å²) in [4.78, 5) is 0. The first-order valence-electron chi connectivity index (χ1n) is 11.9. The van der Waals surface area contributed by atoms with Crippen LogP contribution in [0, 0.1) is 0 Å². The maximum absolute atomic E-state index is 3.44. The molecule has 0 saturated heterocycles. The van der Waals surface area contributed by atoms with Crippen molar-refractivity contribution in [2.45, 2.75) is 20.8 Å². The normalized spacial score (nSPS) is 10.6. The number of anilines is 3. The van der Waals surface area contributed by atoms with Gasteiger partial charge in [0, 0.05) is 36.7 Å². The van der Waals surface area contributed by atoms with Gasteiger partial charge in [-0.25, -0.2) is 0 Å². The third kappa shape index (κ3) is 5.56. The summed E-state index contributed by atoms with van der Waals surface area (Å²) in [6.07, 6.45) is 0. The van der Waals surface area contributed by atoms with Gasteiger partial charge in [-0.3, -0.25) is 0 Å². The molecule has 0 spiro atoms. The molecule has 33 heavy (non-hydrogen) atoms. The maximum Gasteiger partial charge on any atom is 0.0346 e. The minimum absolute atomic E-state index is 0.906. The average Bonchev–Trinajstić information content (AvgIpc) is 2.85. The molecule has 0 bridgehead atoms. The molecule has 0 aromatic heterocycles. The summed E-state index contributed by atoms with van der Waals surface area (Å²) >= 11 is 0. The first-order chi connectivity index (χ1) is 16.2. The summed E-state index contributed by atoms with van der Waals surface area (Å²) < 4.78 is 0. The van der Waals surface area contributed by atoms with E-state index in [0.717, 1.165) is 36.7 Å². The molecule has 3 nitrogen and oxygen atoms in total. The Kier molecular flexibility index (Phi) is 7.31. The Bertz CT molecular complexity index is 1050. The lowest BCUT2D eigenvalue weighted by Gasteiger charge is -2.14. The van der Waals surface area contributed by atoms with Gasteiger partial charge in [0.25, 0.3) is 0 Å². The molecule has 0 saturated carbocycles. The first-order valence-corrected chi connectivity index (χ1v) is 11.9. The van der Waals surface area contributed by atoms with E-state index in [1.54, 1.807) is 0 Å². The fourth-order valence-corrected chi connectivity index (χ4v) is 4.17. The zero-order chi connectivity index (χ0) is 23.0. The minimum atomic E-state index is 0.906. The maximum atomic E-state index is 3.44. The van der Waals surface area contributed by atoms with Crippen LogP contribution in [0.1, 0.15) is 20.8 Å². The van der Waals surface area contributed by atoms with E-state index in [-0.39, 0.29) is 0 Å². The van der Waals surface area contributed by atoms with Crippen molar-refractivity contribution in [2.24, 2.45) is 0 Å². The molecule has 0 aliphatic rings. The molecule has 4 rings (SSSR count). The van der Waals surface area contributed by atoms with E-state index in [2.05, 4.69) is 128 Å². The van der Waals surface area contributed by atoms with Crippen LogP contribution in [-0.4, -0.2) is 19.6 Å². The van der Waals surface area contributed by atoms with E-state index in [0.29, 0.717) is 0 Å². The molecule has 3 N–H and O–H groups in total. The third-order valence-corrected chi connectivity index (χ3v) is 5.66. The largest absolute Gasteiger partial charge is 0.385 e. The van der Waals surface area contributed by atoms with Crippen molar-refractivity contribution in [1.29, 1.82) is 0 Å². The number of hydrogen-bond acceptors (Lipinski definition) is 3. The molecule has 168 valence electrons. The summed E-state index contributed by atoms with van der Waals surface area (Å²) in [6, 6.07) is 32.9. The highest BCUT2D eigenvalue weighted by atomic mass is 14.9. The van der Waals surface area contributed by atoms with Gasteiger partial charge < -0.3 is 16.0 Å². The van der Waals surface area contributed by atoms with Crippen molar-refractivity contribution >= 4 is 17.1 Å². The van der Waals surface area contributed by atoms with E-state index < -0.39 is 0 Å². The SMILES string of the molecule is CCNc1cccc(-c2cc(-c3cccc(NCC)c3)cc(-c3cccc(NCC)c3)c2)c1. The topological polar surface area (TPSA) is 36.1 Å². The van der Waals surface area contributed by atoms with E-state index in [4.69, 9.17) is 0 Å². The summed E-state index contributed by atoms with van der Waals surface area (Å²) in [7, 11) is 0. The molecule has 4 aromatic carbocycles. The lowest BCUT2D eigenvalue weighted by Crippen LogP contribution is -1.97. The second-order valence-corrected chi connectivity index (χ2v) is 8.13. The zero-order valence-electron chi connectivity index (χ0n) is 19.8. The zero-order valence-corrected chi connectivity index (χ0v) is 19.8. The quantitative estimate of drug-likeness (QED) is 0.249. The molecular weight excluding hydrogens is 402 g/mol. The highest BCUT2D eigenvalue weighted by Gasteiger charge is 2.09. The van der Waals surface area contributed by atoms with Gasteiger partial charge in [-0.1, -0.05) is 36.4 Å². The molecule has 0 radical (unpaired) electrons. The monoisotopic (exact) mass is 435 g/mol. The summed E-state index contributed by atoms with van der Waals surface area (Å²) in [5, 5.41) is 10.3. The van der Waals surface area contributed by atoms with Gasteiger partial charge in [-0.05, 0) is 109 Å². The van der Waals surface area contributed by atoms with Gasteiger partial charge in [0.2, 0.25) is 0 Å². The highest BCUT2D eigenvalue weighted by molar-refractivity contribution is 5.83. The van der Waals surface area contributed by atoms with E-state index in [1.807, 2.05) is 0 Å². The van der Waals surface area contributed by atoms with Crippen molar-refractivity contribution < 1.29 is 0 Å². The standard InChI is InChI=1S/C30H33N3/c1-4-31-28-13-7-10-22(19-28)25-16-26(23-11-8-14-29(20-23)32-5-2)18-27(17-25)24-12-9-15-30(21-24)33-6-3/h7-21,31-33H,4-6H2,1-3H3. The Morgan fingerprint density at radius 3 is 0.970 bits per heavy atom. The van der Waals surface area contributed by atoms with Crippen LogP contribution in [0.25, 0.3) is 33.4 Å². The Morgan fingerprint density at radius 2 is 0.697 bits per heavy atom. The second-order valence-electron chi connectivity index (χ2n) is 8.13. The van der Waals surface area contributed by atoms with Crippen LogP contribution < -0.4 is 16.0 Å². The van der Waals surface area contributed by atoms with Gasteiger partial charge in [0.1, 0.15) is 0 Å². The van der Waals surface area contributed by atoms with Gasteiger partial charge >= 0.3 is 0 Å². The van der Waals surface area contributed by atoms with Gasteiger partial charge in [-0.15, -0.1) is 0 Å². The van der Waals surface area contributed by atoms with Crippen LogP contribution in [-0.2, 0) is 0 Å². The van der Waals surface area contributed by atoms with Crippen molar-refractivity contribution in [3.63, 3.8) is 0 Å². The number of rotatable bonds is 9. The fourth-order valence-electron chi connectivity index (χ4n) is 4.17. The Hall–Kier alpha value is -3.72. The van der Waals surface area contributed by atoms with Gasteiger partial charge in [0.05, 0.1) is 0 Å². The predicted octanol–water partition coefficient (Wildman–Crippen LogP) is 7.98. The van der Waals surface area contributed by atoms with Crippen LogP contribution in [0.4, 0.5) is 17.1 Å². The number of hydrogen-bond donors (Lipinski definition) is 3. The van der Waals surface area contributed by atoms with Crippen molar-refractivity contribution in [3.05, 3.63) is 91.0 Å². The Labute approximate surface area is 197 Å². The fraction of sp³-hybridized carbons (Fsp3) is 0.200. The molecule has 0 amide bonds. The summed E-state index contributed by atoms with van der Waals surface area (Å²) in [6.45, 7) is 9.09. The number of benzene rings is 4. The van der Waals surface area contributed by atoms with Crippen LogP contribution in [0.2, 0.25) is 0 Å². The molecule has 0 heterocycles. The highest BCUT2D eigenvalue weighted by Crippen LogP contribution is 2.35. The van der Waals surface area contributed by atoms with E-state index in [9.17, 15) is 0 Å². The molecule has 0 unspecified atom stereocenters. The lowest BCUT2D eigenvalue weighted by atomic mass is 9.93. The van der Waals surface area contributed by atoms with E-state index in [1.165, 1.54) is 33.4 Å². The molecule has 3 heteroatoms. The van der Waals surface area contributed by atoms with Crippen LogP contribution >= 0.6 is 0 Å². The molecule has 0 atom stereocenters. The molecule has 0 aliphatic heterocycles. The molecule has 4 aromatic rings. The minimum Gasteiger partial charge on any atom is -0.385 e. The van der Waals surface area contributed by atoms with Crippen LogP contribution in [0.15, 0.2) is 91.0 Å².